The molecule has 180 valence electrons. The number of ether oxygens (including phenoxy) is 2. The predicted octanol–water partition coefficient (Wildman–Crippen LogP) is 5.38. The maximum atomic E-state index is 13.2. The standard InChI is InChI=1S/C28H29N3O4/c1-2-24(21-7-4-3-5-8-21)27(32)29-22-10-12-23(13-11-22)31-16-6-15-30(28(31)33)18-20-9-14-25-26(17-20)35-19-34-25/h3-5,7-14,17,24H,2,6,15-16,18-19H2,1H3,(H,29,32). The first-order chi connectivity index (χ1) is 17.1. The smallest absolute Gasteiger partial charge is 0.324 e. The van der Waals surface area contributed by atoms with Crippen molar-refractivity contribution in [2.24, 2.45) is 0 Å². The lowest BCUT2D eigenvalue weighted by Gasteiger charge is -2.35. The Morgan fingerprint density at radius 3 is 2.51 bits per heavy atom. The third-order valence-electron chi connectivity index (χ3n) is 6.49. The summed E-state index contributed by atoms with van der Waals surface area (Å²) in [5.74, 6) is 1.22. The molecule has 2 heterocycles. The first-order valence-corrected chi connectivity index (χ1v) is 12.0. The number of benzene rings is 3. The fraction of sp³-hybridized carbons (Fsp3) is 0.286. The van der Waals surface area contributed by atoms with E-state index >= 15 is 0 Å². The molecule has 35 heavy (non-hydrogen) atoms. The van der Waals surface area contributed by atoms with Gasteiger partial charge in [0.15, 0.2) is 11.5 Å². The SMILES string of the molecule is CCC(C(=O)Nc1ccc(N2CCCN(Cc3ccc4c(c3)OCO4)C2=O)cc1)c1ccccc1. The Morgan fingerprint density at radius 2 is 1.74 bits per heavy atom. The number of carbonyl (C=O) groups excluding carboxylic acids is 2. The van der Waals surface area contributed by atoms with Gasteiger partial charge in [0.1, 0.15) is 0 Å². The highest BCUT2D eigenvalue weighted by molar-refractivity contribution is 5.97. The molecule has 0 spiro atoms. The first-order valence-electron chi connectivity index (χ1n) is 12.0. The van der Waals surface area contributed by atoms with Crippen molar-refractivity contribution in [3.63, 3.8) is 0 Å². The average molecular weight is 472 g/mol. The van der Waals surface area contributed by atoms with Crippen LogP contribution in [0.15, 0.2) is 72.8 Å². The Kier molecular flexibility index (Phi) is 6.57. The van der Waals surface area contributed by atoms with E-state index < -0.39 is 0 Å². The van der Waals surface area contributed by atoms with E-state index in [-0.39, 0.29) is 24.6 Å². The van der Waals surface area contributed by atoms with Crippen molar-refractivity contribution in [3.8, 4) is 11.5 Å². The van der Waals surface area contributed by atoms with E-state index in [9.17, 15) is 9.59 Å². The van der Waals surface area contributed by atoms with Gasteiger partial charge in [-0.05, 0) is 60.4 Å². The number of nitrogens with one attached hydrogen (secondary N) is 1. The van der Waals surface area contributed by atoms with E-state index in [1.54, 1.807) is 4.90 Å². The molecule has 3 aromatic carbocycles. The van der Waals surface area contributed by atoms with E-state index in [0.717, 1.165) is 46.8 Å². The van der Waals surface area contributed by atoms with Gasteiger partial charge in [0.05, 0.1) is 5.92 Å². The maximum absolute atomic E-state index is 13.2. The lowest BCUT2D eigenvalue weighted by atomic mass is 9.95. The lowest BCUT2D eigenvalue weighted by Crippen LogP contribution is -2.49. The number of fused-ring (bicyclic) bond motifs is 1. The summed E-state index contributed by atoms with van der Waals surface area (Å²) in [6.45, 7) is 4.12. The Labute approximate surface area is 205 Å². The molecule has 1 atom stereocenters. The topological polar surface area (TPSA) is 71.1 Å². The zero-order valence-electron chi connectivity index (χ0n) is 19.8. The highest BCUT2D eigenvalue weighted by atomic mass is 16.7. The second-order valence-corrected chi connectivity index (χ2v) is 8.80. The van der Waals surface area contributed by atoms with Gasteiger partial charge in [-0.2, -0.15) is 0 Å². The number of carbonyl (C=O) groups is 2. The summed E-state index contributed by atoms with van der Waals surface area (Å²) in [6.07, 6.45) is 1.60. The largest absolute Gasteiger partial charge is 0.454 e. The molecule has 7 heteroatoms. The molecule has 5 rings (SSSR count). The summed E-state index contributed by atoms with van der Waals surface area (Å²) in [7, 11) is 0. The van der Waals surface area contributed by atoms with E-state index in [0.29, 0.717) is 19.6 Å². The summed E-state index contributed by atoms with van der Waals surface area (Å²) in [5.41, 5.74) is 3.55. The average Bonchev–Trinajstić information content (AvgIpc) is 3.35. The van der Waals surface area contributed by atoms with Crippen LogP contribution in [0, 0.1) is 0 Å². The second kappa shape index (κ2) is 10.1. The summed E-state index contributed by atoms with van der Waals surface area (Å²) in [6, 6.07) is 23.1. The molecule has 0 radical (unpaired) electrons. The van der Waals surface area contributed by atoms with Gasteiger partial charge in [0.2, 0.25) is 12.7 Å². The summed E-state index contributed by atoms with van der Waals surface area (Å²) in [4.78, 5) is 29.8. The second-order valence-electron chi connectivity index (χ2n) is 8.80. The Hall–Kier alpha value is -4.00. The van der Waals surface area contributed by atoms with Gasteiger partial charge in [0.25, 0.3) is 0 Å². The molecule has 0 aliphatic carbocycles. The van der Waals surface area contributed by atoms with Crippen LogP contribution in [0.5, 0.6) is 11.5 Å². The molecule has 0 saturated carbocycles. The van der Waals surface area contributed by atoms with Crippen LogP contribution in [0.2, 0.25) is 0 Å². The lowest BCUT2D eigenvalue weighted by molar-refractivity contribution is -0.117. The zero-order chi connectivity index (χ0) is 24.2. The van der Waals surface area contributed by atoms with Crippen molar-refractivity contribution >= 4 is 23.3 Å². The maximum Gasteiger partial charge on any atom is 0.324 e. The molecule has 0 bridgehead atoms. The molecule has 7 nitrogen and oxygen atoms in total. The fourth-order valence-electron chi connectivity index (χ4n) is 4.64. The van der Waals surface area contributed by atoms with Gasteiger partial charge in [0, 0.05) is 31.0 Å². The number of urea groups is 1. The molecule has 1 unspecified atom stereocenters. The van der Waals surface area contributed by atoms with Gasteiger partial charge in [-0.25, -0.2) is 4.79 Å². The number of hydrogen-bond acceptors (Lipinski definition) is 4. The summed E-state index contributed by atoms with van der Waals surface area (Å²) < 4.78 is 10.8. The van der Waals surface area contributed by atoms with Gasteiger partial charge >= 0.3 is 6.03 Å². The van der Waals surface area contributed by atoms with Crippen LogP contribution in [-0.2, 0) is 11.3 Å². The van der Waals surface area contributed by atoms with Gasteiger partial charge in [-0.1, -0.05) is 43.3 Å². The van der Waals surface area contributed by atoms with Gasteiger partial charge < -0.3 is 19.7 Å². The zero-order valence-corrected chi connectivity index (χ0v) is 19.8. The van der Waals surface area contributed by atoms with Crippen molar-refractivity contribution in [3.05, 3.63) is 83.9 Å². The van der Waals surface area contributed by atoms with E-state index in [2.05, 4.69) is 5.32 Å². The molecule has 3 aromatic rings. The van der Waals surface area contributed by atoms with Crippen molar-refractivity contribution in [2.75, 3.05) is 30.1 Å². The van der Waals surface area contributed by atoms with Crippen LogP contribution in [0.25, 0.3) is 0 Å². The molecular formula is C28H29N3O4. The number of hydrogen-bond donors (Lipinski definition) is 1. The first kappa shape index (κ1) is 22.8. The molecule has 0 aromatic heterocycles. The Bertz CT molecular complexity index is 1200. The van der Waals surface area contributed by atoms with Crippen molar-refractivity contribution in [1.82, 2.24) is 4.90 Å². The molecule has 1 fully saturated rings. The Balaban J connectivity index is 1.23. The highest BCUT2D eigenvalue weighted by Gasteiger charge is 2.27. The van der Waals surface area contributed by atoms with Crippen molar-refractivity contribution in [2.45, 2.75) is 32.2 Å². The fourth-order valence-corrected chi connectivity index (χ4v) is 4.64. The van der Waals surface area contributed by atoms with Crippen LogP contribution >= 0.6 is 0 Å². The number of rotatable bonds is 7. The minimum Gasteiger partial charge on any atom is -0.454 e. The summed E-state index contributed by atoms with van der Waals surface area (Å²) in [5, 5.41) is 3.02. The van der Waals surface area contributed by atoms with E-state index in [4.69, 9.17) is 9.47 Å². The van der Waals surface area contributed by atoms with Crippen LogP contribution in [-0.4, -0.2) is 36.7 Å². The number of anilines is 2. The van der Waals surface area contributed by atoms with Crippen LogP contribution in [0.1, 0.15) is 36.8 Å². The van der Waals surface area contributed by atoms with Crippen LogP contribution in [0.4, 0.5) is 16.2 Å². The van der Waals surface area contributed by atoms with Gasteiger partial charge in [-0.15, -0.1) is 0 Å². The third kappa shape index (κ3) is 4.94. The van der Waals surface area contributed by atoms with Gasteiger partial charge in [-0.3, -0.25) is 9.69 Å². The molecule has 2 aliphatic heterocycles. The minimum atomic E-state index is -0.204. The minimum absolute atomic E-state index is 0.0270. The third-order valence-corrected chi connectivity index (χ3v) is 6.49. The quantitative estimate of drug-likeness (QED) is 0.502. The van der Waals surface area contributed by atoms with E-state index in [1.807, 2.05) is 84.6 Å². The Morgan fingerprint density at radius 1 is 0.971 bits per heavy atom. The normalized spacial score (nSPS) is 15.7. The van der Waals surface area contributed by atoms with Crippen molar-refractivity contribution in [1.29, 1.82) is 0 Å². The van der Waals surface area contributed by atoms with Crippen LogP contribution < -0.4 is 19.7 Å². The molecular weight excluding hydrogens is 442 g/mol. The highest BCUT2D eigenvalue weighted by Crippen LogP contribution is 2.33. The number of nitrogens with zero attached hydrogens (tertiary/aromatic N) is 2. The molecule has 1 N–H and O–H groups in total. The molecule has 3 amide bonds. The number of amides is 3. The monoisotopic (exact) mass is 471 g/mol. The van der Waals surface area contributed by atoms with Crippen LogP contribution in [0.3, 0.4) is 0 Å². The predicted molar refractivity (Wildman–Crippen MR) is 135 cm³/mol. The van der Waals surface area contributed by atoms with Crippen molar-refractivity contribution < 1.29 is 19.1 Å². The molecule has 1 saturated heterocycles. The van der Waals surface area contributed by atoms with E-state index in [1.165, 1.54) is 0 Å². The molecule has 2 aliphatic rings. The summed E-state index contributed by atoms with van der Waals surface area (Å²) >= 11 is 0.